The Hall–Kier alpha value is -5.39. The maximum atomic E-state index is 14.6. The van der Waals surface area contributed by atoms with Gasteiger partial charge in [-0.05, 0) is 60.3 Å². The summed E-state index contributed by atoms with van der Waals surface area (Å²) in [5, 5.41) is 11.4. The third-order valence-corrected chi connectivity index (χ3v) is 7.79. The van der Waals surface area contributed by atoms with E-state index in [4.69, 9.17) is 4.74 Å². The number of fused-ring (bicyclic) bond motifs is 6. The summed E-state index contributed by atoms with van der Waals surface area (Å²) in [6.45, 7) is 2.04. The van der Waals surface area contributed by atoms with Crippen LogP contribution in [0.25, 0.3) is 38.7 Å². The van der Waals surface area contributed by atoms with E-state index in [1.807, 2.05) is 119 Å². The number of hydrogen-bond donors (Lipinski definition) is 0. The number of anilines is 3. The van der Waals surface area contributed by atoms with Gasteiger partial charge in [-0.1, -0.05) is 71.1 Å². The van der Waals surface area contributed by atoms with Gasteiger partial charge < -0.3 is 14.0 Å². The molecule has 0 N–H and O–H groups in total. The first-order valence-corrected chi connectivity index (χ1v) is 14.5. The summed E-state index contributed by atoms with van der Waals surface area (Å²) < 4.78 is 22.9. The molecule has 0 spiro atoms. The molecule has 6 nitrogen and oxygen atoms in total. The fraction of sp³-hybridized carbons (Fsp3) is 0.0263. The van der Waals surface area contributed by atoms with E-state index in [9.17, 15) is 4.39 Å². The summed E-state index contributed by atoms with van der Waals surface area (Å²) in [5.41, 5.74) is 5.14. The molecule has 0 unspecified atom stereocenters. The molecule has 8 aromatic rings. The van der Waals surface area contributed by atoms with E-state index in [1.165, 1.54) is 6.07 Å². The van der Waals surface area contributed by atoms with Crippen LogP contribution in [0.1, 0.15) is 5.56 Å². The Morgan fingerprint density at radius 3 is 2.37 bits per heavy atom. The van der Waals surface area contributed by atoms with Crippen molar-refractivity contribution in [2.24, 2.45) is 0 Å². The fourth-order valence-corrected chi connectivity index (χ4v) is 5.73. The third-order valence-electron chi connectivity index (χ3n) is 7.79. The Kier molecular flexibility index (Phi) is 7.77. The first-order valence-electron chi connectivity index (χ1n) is 14.5. The van der Waals surface area contributed by atoms with Crippen LogP contribution in [-0.2, 0) is 21.1 Å². The van der Waals surface area contributed by atoms with Crippen LogP contribution < -0.4 is 9.64 Å². The molecule has 0 atom stereocenters. The van der Waals surface area contributed by atoms with Crippen molar-refractivity contribution in [1.82, 2.24) is 19.6 Å². The maximum Gasteiger partial charge on any atom is 2.00 e. The average molecular weight is 781 g/mol. The van der Waals surface area contributed by atoms with Gasteiger partial charge in [0.2, 0.25) is 0 Å². The van der Waals surface area contributed by atoms with Crippen molar-refractivity contribution in [1.29, 1.82) is 0 Å². The van der Waals surface area contributed by atoms with E-state index in [0.717, 1.165) is 44.6 Å². The minimum Gasteiger partial charge on any atom is -0.503 e. The van der Waals surface area contributed by atoms with Gasteiger partial charge in [0.1, 0.15) is 11.6 Å². The van der Waals surface area contributed by atoms with E-state index < -0.39 is 0 Å². The number of aryl methyl sites for hydroxylation is 1. The minimum atomic E-state index is -0.323. The zero-order chi connectivity index (χ0) is 30.3. The predicted octanol–water partition coefficient (Wildman–Crippen LogP) is 9.41. The smallest absolute Gasteiger partial charge is 0.503 e. The minimum absolute atomic E-state index is 0. The molecular formula is C38H24FN5OPt. The molecule has 5 aromatic carbocycles. The van der Waals surface area contributed by atoms with E-state index in [-0.39, 0.29) is 26.9 Å². The van der Waals surface area contributed by atoms with Crippen molar-refractivity contribution < 1.29 is 30.2 Å². The third kappa shape index (κ3) is 5.19. The van der Waals surface area contributed by atoms with Crippen molar-refractivity contribution in [2.45, 2.75) is 6.92 Å². The summed E-state index contributed by atoms with van der Waals surface area (Å²) in [7, 11) is 0. The summed E-state index contributed by atoms with van der Waals surface area (Å²) in [6.07, 6.45) is 1.76. The zero-order valence-electron chi connectivity index (χ0n) is 24.5. The summed E-state index contributed by atoms with van der Waals surface area (Å²) in [4.78, 5) is 6.60. The van der Waals surface area contributed by atoms with Crippen molar-refractivity contribution in [3.63, 3.8) is 0 Å². The molecule has 0 aliphatic rings. The van der Waals surface area contributed by atoms with E-state index >= 15 is 0 Å². The Morgan fingerprint density at radius 1 is 0.739 bits per heavy atom. The Bertz CT molecular complexity index is 2300. The van der Waals surface area contributed by atoms with Crippen LogP contribution in [0, 0.1) is 24.9 Å². The van der Waals surface area contributed by atoms with Crippen LogP contribution in [0.3, 0.4) is 0 Å². The number of nitrogens with zero attached hydrogens (tertiary/aromatic N) is 5. The molecule has 0 saturated carbocycles. The monoisotopic (exact) mass is 780 g/mol. The number of rotatable bonds is 6. The average Bonchev–Trinajstić information content (AvgIpc) is 3.52. The second-order valence-corrected chi connectivity index (χ2v) is 10.6. The zero-order valence-corrected chi connectivity index (χ0v) is 26.7. The quantitative estimate of drug-likeness (QED) is 0.124. The molecule has 0 radical (unpaired) electrons. The molecule has 8 rings (SSSR count). The predicted molar refractivity (Wildman–Crippen MR) is 175 cm³/mol. The van der Waals surface area contributed by atoms with Crippen LogP contribution in [0.15, 0.2) is 128 Å². The first-order chi connectivity index (χ1) is 22.1. The topological polar surface area (TPSA) is 55.6 Å². The molecular weight excluding hydrogens is 757 g/mol. The van der Waals surface area contributed by atoms with Gasteiger partial charge in [0, 0.05) is 34.5 Å². The van der Waals surface area contributed by atoms with Gasteiger partial charge in [-0.15, -0.1) is 35.4 Å². The van der Waals surface area contributed by atoms with Gasteiger partial charge in [-0.3, -0.25) is 0 Å². The van der Waals surface area contributed by atoms with Crippen LogP contribution in [0.2, 0.25) is 0 Å². The van der Waals surface area contributed by atoms with Crippen molar-refractivity contribution in [3.05, 3.63) is 151 Å². The fourth-order valence-electron chi connectivity index (χ4n) is 5.73. The van der Waals surface area contributed by atoms with Gasteiger partial charge in [-0.2, -0.15) is 11.2 Å². The number of aromatic nitrogens is 4. The molecule has 46 heavy (non-hydrogen) atoms. The Morgan fingerprint density at radius 2 is 1.54 bits per heavy atom. The molecule has 0 amide bonds. The van der Waals surface area contributed by atoms with Gasteiger partial charge in [-0.25, -0.2) is 9.37 Å². The van der Waals surface area contributed by atoms with Crippen molar-refractivity contribution in [3.8, 4) is 22.9 Å². The van der Waals surface area contributed by atoms with Crippen LogP contribution in [-0.4, -0.2) is 19.6 Å². The van der Waals surface area contributed by atoms with Crippen LogP contribution >= 0.6 is 0 Å². The van der Waals surface area contributed by atoms with Crippen molar-refractivity contribution in [2.75, 3.05) is 4.90 Å². The Balaban J connectivity index is 0.00000338. The largest absolute Gasteiger partial charge is 2.00 e. The second-order valence-electron chi connectivity index (χ2n) is 10.6. The van der Waals surface area contributed by atoms with Gasteiger partial charge in [0.05, 0.1) is 5.65 Å². The first kappa shape index (κ1) is 29.3. The Labute approximate surface area is 279 Å². The number of hydrogen-bond acceptors (Lipinski definition) is 5. The molecule has 3 heterocycles. The molecule has 8 heteroatoms. The molecule has 0 saturated heterocycles. The maximum absolute atomic E-state index is 14.6. The number of para-hydroxylation sites is 1. The van der Waals surface area contributed by atoms with Crippen LogP contribution in [0.5, 0.6) is 11.5 Å². The van der Waals surface area contributed by atoms with Crippen LogP contribution in [0.4, 0.5) is 21.6 Å². The van der Waals surface area contributed by atoms with E-state index in [0.29, 0.717) is 28.4 Å². The van der Waals surface area contributed by atoms with Gasteiger partial charge >= 0.3 is 21.1 Å². The van der Waals surface area contributed by atoms with E-state index in [2.05, 4.69) is 27.3 Å². The second kappa shape index (κ2) is 12.2. The number of pyridine rings is 2. The molecule has 224 valence electrons. The summed E-state index contributed by atoms with van der Waals surface area (Å²) in [6, 6.07) is 44.9. The molecule has 0 aliphatic carbocycles. The number of benzene rings is 5. The standard InChI is InChI=1S/C38H24FN5O.Pt/c1-25-10-5-6-15-31(25)37-41-42-38-34-24-30(18-19-32(34)33-22-26(39)17-20-35(33)44(37)38)45-29-14-9-13-28(23-29)43(27-11-3-2-4-12-27)36-16-7-8-21-40-36;/h2-22H,1H3;/q-2;+2. The van der Waals surface area contributed by atoms with Crippen molar-refractivity contribution >= 4 is 44.5 Å². The van der Waals surface area contributed by atoms with Gasteiger partial charge in [0.15, 0.2) is 5.82 Å². The molecule has 0 bridgehead atoms. The SMILES string of the molecule is Cc1ccccc1-c1nnc2c3[c-]c(Oc4[c-]c(N(c5ccccc5)c5ccccn5)ccc4)ccc3c3cc(F)ccc3n12.[Pt+2]. The number of halogens is 1. The molecule has 0 fully saturated rings. The number of ether oxygens (including phenoxy) is 1. The molecule has 0 aliphatic heterocycles. The summed E-state index contributed by atoms with van der Waals surface area (Å²) >= 11 is 0. The summed E-state index contributed by atoms with van der Waals surface area (Å²) in [5.74, 6) is 2.09. The van der Waals surface area contributed by atoms with Gasteiger partial charge in [0.25, 0.3) is 0 Å². The van der Waals surface area contributed by atoms with E-state index in [1.54, 1.807) is 18.3 Å². The molecule has 3 aromatic heterocycles. The normalized spacial score (nSPS) is 11.1.